The summed E-state index contributed by atoms with van der Waals surface area (Å²) in [6.45, 7) is 9.34. The van der Waals surface area contributed by atoms with Gasteiger partial charge in [0, 0.05) is 31.2 Å². The number of hydrogen-bond acceptors (Lipinski definition) is 3. The first-order chi connectivity index (χ1) is 8.15. The van der Waals surface area contributed by atoms with Gasteiger partial charge in [0.15, 0.2) is 0 Å². The van der Waals surface area contributed by atoms with Gasteiger partial charge in [-0.3, -0.25) is 4.90 Å². The molecule has 3 saturated heterocycles. The molecule has 3 aliphatic heterocycles. The number of piperazine rings is 1. The van der Waals surface area contributed by atoms with E-state index in [0.29, 0.717) is 30.3 Å². The Balaban J connectivity index is 1.68. The van der Waals surface area contributed by atoms with Crippen molar-refractivity contribution in [1.29, 1.82) is 0 Å². The molecule has 2 bridgehead atoms. The Morgan fingerprint density at radius 3 is 2.71 bits per heavy atom. The summed E-state index contributed by atoms with van der Waals surface area (Å²) in [7, 11) is 0. The predicted molar refractivity (Wildman–Crippen MR) is 69.1 cm³/mol. The van der Waals surface area contributed by atoms with Crippen molar-refractivity contribution in [1.82, 2.24) is 10.2 Å². The Hall–Kier alpha value is -0.120. The van der Waals surface area contributed by atoms with Crippen molar-refractivity contribution in [3.8, 4) is 0 Å². The van der Waals surface area contributed by atoms with E-state index >= 15 is 0 Å². The standard InChI is InChI=1S/C14H26N2O/c1-9(2)12-8-16(10(3)7-15-12)13-6-11-4-5-14(13)17-11/h9-15H,4-8H2,1-3H3. The van der Waals surface area contributed by atoms with Crippen LogP contribution in [0, 0.1) is 5.92 Å². The lowest BCUT2D eigenvalue weighted by Crippen LogP contribution is -2.61. The van der Waals surface area contributed by atoms with Crippen LogP contribution in [0.2, 0.25) is 0 Å². The molecule has 0 radical (unpaired) electrons. The average molecular weight is 238 g/mol. The van der Waals surface area contributed by atoms with Crippen LogP contribution >= 0.6 is 0 Å². The van der Waals surface area contributed by atoms with Gasteiger partial charge in [-0.2, -0.15) is 0 Å². The molecule has 98 valence electrons. The van der Waals surface area contributed by atoms with Crippen LogP contribution < -0.4 is 5.32 Å². The minimum atomic E-state index is 0.536. The van der Waals surface area contributed by atoms with Gasteiger partial charge in [0.25, 0.3) is 0 Å². The number of fused-ring (bicyclic) bond motifs is 2. The minimum Gasteiger partial charge on any atom is -0.373 e. The summed E-state index contributed by atoms with van der Waals surface area (Å²) in [4.78, 5) is 2.73. The van der Waals surface area contributed by atoms with E-state index in [1.54, 1.807) is 0 Å². The fraction of sp³-hybridized carbons (Fsp3) is 1.00. The van der Waals surface area contributed by atoms with Gasteiger partial charge in [-0.05, 0) is 32.1 Å². The molecule has 5 atom stereocenters. The van der Waals surface area contributed by atoms with Gasteiger partial charge in [0.2, 0.25) is 0 Å². The molecule has 0 aromatic carbocycles. The third-order valence-electron chi connectivity index (χ3n) is 4.95. The van der Waals surface area contributed by atoms with Gasteiger partial charge in [-0.1, -0.05) is 13.8 Å². The fourth-order valence-electron chi connectivity index (χ4n) is 3.78. The van der Waals surface area contributed by atoms with Gasteiger partial charge in [-0.15, -0.1) is 0 Å². The van der Waals surface area contributed by atoms with Crippen molar-refractivity contribution >= 4 is 0 Å². The first-order valence-corrected chi connectivity index (χ1v) is 7.29. The molecule has 3 heteroatoms. The van der Waals surface area contributed by atoms with Crippen LogP contribution in [0.15, 0.2) is 0 Å². The quantitative estimate of drug-likeness (QED) is 0.791. The van der Waals surface area contributed by atoms with Crippen LogP contribution in [0.4, 0.5) is 0 Å². The highest BCUT2D eigenvalue weighted by Gasteiger charge is 2.45. The second kappa shape index (κ2) is 4.52. The molecule has 3 fully saturated rings. The second-order valence-corrected chi connectivity index (χ2v) is 6.48. The van der Waals surface area contributed by atoms with E-state index in [4.69, 9.17) is 4.74 Å². The summed E-state index contributed by atoms with van der Waals surface area (Å²) in [5.41, 5.74) is 0. The largest absolute Gasteiger partial charge is 0.373 e. The van der Waals surface area contributed by atoms with Crippen LogP contribution in [0.1, 0.15) is 40.0 Å². The van der Waals surface area contributed by atoms with Crippen molar-refractivity contribution in [3.63, 3.8) is 0 Å². The molecule has 0 aliphatic carbocycles. The van der Waals surface area contributed by atoms with Crippen LogP contribution in [-0.2, 0) is 4.74 Å². The Kier molecular flexibility index (Phi) is 3.18. The van der Waals surface area contributed by atoms with E-state index in [0.717, 1.165) is 12.5 Å². The number of rotatable bonds is 2. The average Bonchev–Trinajstić information content (AvgIpc) is 2.91. The molecule has 0 aromatic rings. The van der Waals surface area contributed by atoms with E-state index < -0.39 is 0 Å². The molecule has 3 rings (SSSR count). The van der Waals surface area contributed by atoms with Crippen molar-refractivity contribution in [2.75, 3.05) is 13.1 Å². The Bertz CT molecular complexity index is 281. The zero-order valence-corrected chi connectivity index (χ0v) is 11.4. The van der Waals surface area contributed by atoms with Crippen LogP contribution in [0.5, 0.6) is 0 Å². The maximum absolute atomic E-state index is 6.02. The van der Waals surface area contributed by atoms with E-state index in [2.05, 4.69) is 31.0 Å². The molecular weight excluding hydrogens is 212 g/mol. The van der Waals surface area contributed by atoms with Crippen LogP contribution in [0.3, 0.4) is 0 Å². The first-order valence-electron chi connectivity index (χ1n) is 7.29. The van der Waals surface area contributed by atoms with Crippen molar-refractivity contribution in [2.45, 2.75) is 70.4 Å². The fourth-order valence-corrected chi connectivity index (χ4v) is 3.78. The van der Waals surface area contributed by atoms with Crippen LogP contribution in [0.25, 0.3) is 0 Å². The summed E-state index contributed by atoms with van der Waals surface area (Å²) < 4.78 is 6.02. The third kappa shape index (κ3) is 2.13. The van der Waals surface area contributed by atoms with Crippen LogP contribution in [-0.4, -0.2) is 48.3 Å². The van der Waals surface area contributed by atoms with Gasteiger partial charge in [0.1, 0.15) is 0 Å². The van der Waals surface area contributed by atoms with Crippen molar-refractivity contribution < 1.29 is 4.74 Å². The molecule has 0 saturated carbocycles. The SMILES string of the molecule is CC(C)C1CN(C2CC3CCC2O3)C(C)CN1. The van der Waals surface area contributed by atoms with Crippen molar-refractivity contribution in [2.24, 2.45) is 5.92 Å². The predicted octanol–water partition coefficient (Wildman–Crippen LogP) is 1.62. The Morgan fingerprint density at radius 1 is 1.29 bits per heavy atom. The summed E-state index contributed by atoms with van der Waals surface area (Å²) in [6, 6.07) is 2.02. The second-order valence-electron chi connectivity index (χ2n) is 6.48. The summed E-state index contributed by atoms with van der Waals surface area (Å²) in [5.74, 6) is 0.726. The molecule has 1 N–H and O–H groups in total. The number of nitrogens with zero attached hydrogens (tertiary/aromatic N) is 1. The lowest BCUT2D eigenvalue weighted by Gasteiger charge is -2.45. The highest BCUT2D eigenvalue weighted by atomic mass is 16.5. The monoisotopic (exact) mass is 238 g/mol. The molecule has 3 heterocycles. The summed E-state index contributed by atoms with van der Waals surface area (Å²) in [6.07, 6.45) is 4.98. The zero-order valence-electron chi connectivity index (χ0n) is 11.4. The smallest absolute Gasteiger partial charge is 0.0736 e. The van der Waals surface area contributed by atoms with Gasteiger partial charge in [-0.25, -0.2) is 0 Å². The van der Waals surface area contributed by atoms with E-state index in [1.807, 2.05) is 0 Å². The lowest BCUT2D eigenvalue weighted by molar-refractivity contribution is 0.0301. The third-order valence-corrected chi connectivity index (χ3v) is 4.95. The van der Waals surface area contributed by atoms with Gasteiger partial charge < -0.3 is 10.1 Å². The zero-order chi connectivity index (χ0) is 12.0. The topological polar surface area (TPSA) is 24.5 Å². The number of hydrogen-bond donors (Lipinski definition) is 1. The maximum Gasteiger partial charge on any atom is 0.0736 e. The van der Waals surface area contributed by atoms with E-state index in [1.165, 1.54) is 25.8 Å². The number of nitrogens with one attached hydrogen (secondary N) is 1. The number of ether oxygens (including phenoxy) is 1. The first kappa shape index (κ1) is 11.9. The molecule has 0 aromatic heterocycles. The summed E-state index contributed by atoms with van der Waals surface area (Å²) >= 11 is 0. The highest BCUT2D eigenvalue weighted by molar-refractivity contribution is 4.99. The normalized spacial score (nSPS) is 46.9. The maximum atomic E-state index is 6.02. The van der Waals surface area contributed by atoms with E-state index in [-0.39, 0.29) is 0 Å². The molecule has 5 unspecified atom stereocenters. The molecule has 17 heavy (non-hydrogen) atoms. The Morgan fingerprint density at radius 2 is 2.12 bits per heavy atom. The van der Waals surface area contributed by atoms with Crippen molar-refractivity contribution in [3.05, 3.63) is 0 Å². The molecular formula is C14H26N2O. The van der Waals surface area contributed by atoms with Gasteiger partial charge in [0.05, 0.1) is 12.2 Å². The lowest BCUT2D eigenvalue weighted by atomic mass is 9.90. The molecule has 0 spiro atoms. The highest BCUT2D eigenvalue weighted by Crippen LogP contribution is 2.38. The molecule has 3 aliphatic rings. The van der Waals surface area contributed by atoms with Gasteiger partial charge >= 0.3 is 0 Å². The molecule has 0 amide bonds. The minimum absolute atomic E-state index is 0.536. The summed E-state index contributed by atoms with van der Waals surface area (Å²) in [5, 5.41) is 3.68. The Labute approximate surface area is 105 Å². The van der Waals surface area contributed by atoms with E-state index in [9.17, 15) is 0 Å². The molecule has 3 nitrogen and oxygen atoms in total.